The fourth-order valence-electron chi connectivity index (χ4n) is 3.54. The number of nitrogens with zero attached hydrogens (tertiary/aromatic N) is 1. The highest BCUT2D eigenvalue weighted by molar-refractivity contribution is 6.30. The van der Waals surface area contributed by atoms with Crippen molar-refractivity contribution in [2.24, 2.45) is 0 Å². The van der Waals surface area contributed by atoms with Crippen LogP contribution in [0.4, 0.5) is 5.69 Å². The van der Waals surface area contributed by atoms with E-state index >= 15 is 0 Å². The third-order valence-corrected chi connectivity index (χ3v) is 4.84. The monoisotopic (exact) mass is 341 g/mol. The lowest BCUT2D eigenvalue weighted by Gasteiger charge is -2.34. The molecule has 4 heteroatoms. The van der Waals surface area contributed by atoms with E-state index in [-0.39, 0.29) is 18.1 Å². The van der Waals surface area contributed by atoms with Gasteiger partial charge < -0.3 is 4.90 Å². The predicted octanol–water partition coefficient (Wildman–Crippen LogP) is 4.68. The van der Waals surface area contributed by atoms with Gasteiger partial charge in [-0.2, -0.15) is 0 Å². The van der Waals surface area contributed by atoms with Crippen molar-refractivity contribution in [2.75, 3.05) is 11.4 Å². The van der Waals surface area contributed by atoms with E-state index in [9.17, 15) is 9.59 Å². The lowest BCUT2D eigenvalue weighted by atomic mass is 9.81. The zero-order chi connectivity index (χ0) is 17.4. The highest BCUT2D eigenvalue weighted by atomic mass is 35.5. The molecule has 1 atom stereocenters. The van der Waals surface area contributed by atoms with Crippen LogP contribution in [-0.4, -0.2) is 18.2 Å². The van der Waals surface area contributed by atoms with Crippen LogP contribution in [0.2, 0.25) is 5.02 Å². The second-order valence-electron chi connectivity index (χ2n) is 6.28. The molecular formula is C20H20ClNO2. The van der Waals surface area contributed by atoms with Crippen LogP contribution in [0.25, 0.3) is 0 Å². The molecular weight excluding hydrogens is 322 g/mol. The first-order chi connectivity index (χ1) is 11.4. The van der Waals surface area contributed by atoms with Crippen LogP contribution in [0.5, 0.6) is 0 Å². The zero-order valence-electron chi connectivity index (χ0n) is 14.1. The fraction of sp³-hybridized carbons (Fsp3) is 0.300. The molecule has 1 aliphatic rings. The van der Waals surface area contributed by atoms with Gasteiger partial charge in [0.15, 0.2) is 5.78 Å². The summed E-state index contributed by atoms with van der Waals surface area (Å²) in [6, 6.07) is 11.0. The second kappa shape index (κ2) is 6.40. The minimum absolute atomic E-state index is 0.00214. The Morgan fingerprint density at radius 1 is 1.21 bits per heavy atom. The summed E-state index contributed by atoms with van der Waals surface area (Å²) >= 11 is 5.91. The number of halogens is 1. The number of benzene rings is 2. The Balaban J connectivity index is 2.11. The van der Waals surface area contributed by atoms with Crippen LogP contribution in [0.15, 0.2) is 36.4 Å². The van der Waals surface area contributed by atoms with E-state index in [0.717, 1.165) is 22.4 Å². The zero-order valence-corrected chi connectivity index (χ0v) is 14.9. The largest absolute Gasteiger partial charge is 0.312 e. The number of Topliss-reactive ketones (excluding diaryl/α,β-unsaturated/α-hetero) is 1. The Morgan fingerprint density at radius 2 is 1.88 bits per heavy atom. The number of ketones is 1. The standard InChI is InChI=1S/C20H20ClNO2/c1-4-22-17-10-12(2)9-13(3)19(17)16(11-18(22)23)20(24)14-5-7-15(21)8-6-14/h5-10,16H,4,11H2,1-3H3. The van der Waals surface area contributed by atoms with Gasteiger partial charge in [-0.3, -0.25) is 9.59 Å². The number of hydrogen-bond donors (Lipinski definition) is 0. The van der Waals surface area contributed by atoms with Crippen molar-refractivity contribution < 1.29 is 9.59 Å². The minimum atomic E-state index is -0.433. The molecule has 2 aromatic rings. The number of amides is 1. The number of carbonyl (C=O) groups excluding carboxylic acids is 2. The molecule has 0 bridgehead atoms. The molecule has 1 unspecified atom stereocenters. The van der Waals surface area contributed by atoms with Gasteiger partial charge in [0.2, 0.25) is 5.91 Å². The molecule has 1 aliphatic heterocycles. The smallest absolute Gasteiger partial charge is 0.228 e. The average Bonchev–Trinajstić information content (AvgIpc) is 2.53. The molecule has 0 radical (unpaired) electrons. The molecule has 1 amide bonds. The molecule has 24 heavy (non-hydrogen) atoms. The Labute approximate surface area is 147 Å². The topological polar surface area (TPSA) is 37.4 Å². The molecule has 3 nitrogen and oxygen atoms in total. The van der Waals surface area contributed by atoms with Crippen molar-refractivity contribution >= 4 is 29.0 Å². The predicted molar refractivity (Wildman–Crippen MR) is 97.1 cm³/mol. The van der Waals surface area contributed by atoms with E-state index in [2.05, 4.69) is 6.07 Å². The van der Waals surface area contributed by atoms with Gasteiger partial charge in [0.1, 0.15) is 0 Å². The summed E-state index contributed by atoms with van der Waals surface area (Å²) in [6.07, 6.45) is 0.214. The molecule has 0 N–H and O–H groups in total. The van der Waals surface area contributed by atoms with Crippen molar-refractivity contribution in [3.8, 4) is 0 Å². The first-order valence-electron chi connectivity index (χ1n) is 8.13. The third kappa shape index (κ3) is 2.84. The average molecular weight is 342 g/mol. The maximum absolute atomic E-state index is 13.0. The summed E-state index contributed by atoms with van der Waals surface area (Å²) < 4.78 is 0. The van der Waals surface area contributed by atoms with Crippen LogP contribution < -0.4 is 4.90 Å². The molecule has 0 aliphatic carbocycles. The molecule has 0 spiro atoms. The molecule has 0 fully saturated rings. The number of rotatable bonds is 3. The van der Waals surface area contributed by atoms with Gasteiger partial charge in [0, 0.05) is 29.2 Å². The fourth-order valence-corrected chi connectivity index (χ4v) is 3.67. The summed E-state index contributed by atoms with van der Waals surface area (Å²) in [7, 11) is 0. The quantitative estimate of drug-likeness (QED) is 0.760. The molecule has 3 rings (SSSR count). The maximum atomic E-state index is 13.0. The van der Waals surface area contributed by atoms with Crippen molar-refractivity contribution in [3.05, 3.63) is 63.7 Å². The normalized spacial score (nSPS) is 16.9. The number of anilines is 1. The minimum Gasteiger partial charge on any atom is -0.312 e. The van der Waals surface area contributed by atoms with Gasteiger partial charge in [0.25, 0.3) is 0 Å². The van der Waals surface area contributed by atoms with Crippen molar-refractivity contribution in [1.82, 2.24) is 0 Å². The molecule has 2 aromatic carbocycles. The third-order valence-electron chi connectivity index (χ3n) is 4.59. The molecule has 124 valence electrons. The highest BCUT2D eigenvalue weighted by Gasteiger charge is 2.36. The van der Waals surface area contributed by atoms with Gasteiger partial charge in [-0.1, -0.05) is 17.7 Å². The van der Waals surface area contributed by atoms with E-state index in [1.165, 1.54) is 0 Å². The summed E-state index contributed by atoms with van der Waals surface area (Å²) in [4.78, 5) is 27.4. The molecule has 0 saturated carbocycles. The summed E-state index contributed by atoms with van der Waals surface area (Å²) in [6.45, 7) is 6.59. The highest BCUT2D eigenvalue weighted by Crippen LogP contribution is 2.40. The van der Waals surface area contributed by atoms with Gasteiger partial charge in [-0.25, -0.2) is 0 Å². The number of fused-ring (bicyclic) bond motifs is 1. The van der Waals surface area contributed by atoms with E-state index in [1.54, 1.807) is 29.2 Å². The van der Waals surface area contributed by atoms with E-state index < -0.39 is 5.92 Å². The number of aryl methyl sites for hydroxylation is 2. The Bertz CT molecular complexity index is 811. The van der Waals surface area contributed by atoms with Gasteiger partial charge in [0.05, 0.1) is 5.92 Å². The summed E-state index contributed by atoms with van der Waals surface area (Å²) in [5.74, 6) is -0.455. The number of carbonyl (C=O) groups is 2. The first kappa shape index (κ1) is 16.7. The van der Waals surface area contributed by atoms with Crippen LogP contribution in [-0.2, 0) is 4.79 Å². The molecule has 1 heterocycles. The summed E-state index contributed by atoms with van der Waals surface area (Å²) in [5.41, 5.74) is 4.59. The first-order valence-corrected chi connectivity index (χ1v) is 8.51. The lowest BCUT2D eigenvalue weighted by Crippen LogP contribution is -2.38. The van der Waals surface area contributed by atoms with E-state index in [1.807, 2.05) is 26.8 Å². The second-order valence-corrected chi connectivity index (χ2v) is 6.72. The molecule has 0 saturated heterocycles. The molecule has 0 aromatic heterocycles. The summed E-state index contributed by atoms with van der Waals surface area (Å²) in [5, 5.41) is 0.593. The van der Waals surface area contributed by atoms with Crippen LogP contribution in [0.1, 0.15) is 46.3 Å². The van der Waals surface area contributed by atoms with E-state index in [4.69, 9.17) is 11.6 Å². The van der Waals surface area contributed by atoms with Crippen molar-refractivity contribution in [2.45, 2.75) is 33.1 Å². The van der Waals surface area contributed by atoms with Crippen LogP contribution in [0.3, 0.4) is 0 Å². The Morgan fingerprint density at radius 3 is 2.50 bits per heavy atom. The van der Waals surface area contributed by atoms with Gasteiger partial charge in [-0.05, 0) is 67.8 Å². The lowest BCUT2D eigenvalue weighted by molar-refractivity contribution is -0.119. The van der Waals surface area contributed by atoms with Crippen LogP contribution in [0, 0.1) is 13.8 Å². The number of hydrogen-bond acceptors (Lipinski definition) is 2. The SMILES string of the molecule is CCN1C(=O)CC(C(=O)c2ccc(Cl)cc2)c2c(C)cc(C)cc21. The van der Waals surface area contributed by atoms with Crippen LogP contribution >= 0.6 is 11.6 Å². The van der Waals surface area contributed by atoms with Crippen molar-refractivity contribution in [1.29, 1.82) is 0 Å². The van der Waals surface area contributed by atoms with E-state index in [0.29, 0.717) is 17.1 Å². The van der Waals surface area contributed by atoms with Gasteiger partial charge in [-0.15, -0.1) is 0 Å². The Kier molecular flexibility index (Phi) is 4.46. The van der Waals surface area contributed by atoms with Crippen molar-refractivity contribution in [3.63, 3.8) is 0 Å². The van der Waals surface area contributed by atoms with Gasteiger partial charge >= 0.3 is 0 Å². The Hall–Kier alpha value is -2.13. The maximum Gasteiger partial charge on any atom is 0.228 e.